The minimum atomic E-state index is -2.43. The predicted octanol–water partition coefficient (Wildman–Crippen LogP) is 2.87. The SMILES string of the molecule is c1ccc([Si]2(c3ccccc3)c3cc4ccccc4cc3C[n+]3ccccc32)cc1. The first kappa shape index (κ1) is 17.4. The number of pyridine rings is 1. The number of hydrogen-bond acceptors (Lipinski definition) is 0. The smallest absolute Gasteiger partial charge is 0.202 e. The van der Waals surface area contributed by atoms with Crippen LogP contribution in [-0.2, 0) is 6.54 Å². The Morgan fingerprint density at radius 2 is 1.13 bits per heavy atom. The van der Waals surface area contributed by atoms with Crippen LogP contribution in [0, 0.1) is 0 Å². The highest BCUT2D eigenvalue weighted by atomic mass is 28.3. The van der Waals surface area contributed by atoms with Gasteiger partial charge >= 0.3 is 0 Å². The van der Waals surface area contributed by atoms with Gasteiger partial charge in [-0.2, -0.15) is 0 Å². The van der Waals surface area contributed by atoms with E-state index in [9.17, 15) is 0 Å². The average molecular weight is 401 g/mol. The first-order valence-electron chi connectivity index (χ1n) is 10.5. The molecule has 2 heteroatoms. The van der Waals surface area contributed by atoms with Crippen molar-refractivity contribution in [2.45, 2.75) is 6.54 Å². The Morgan fingerprint density at radius 1 is 0.567 bits per heavy atom. The number of rotatable bonds is 2. The summed E-state index contributed by atoms with van der Waals surface area (Å²) in [4.78, 5) is 0. The minimum absolute atomic E-state index is 0.921. The molecule has 0 amide bonds. The lowest BCUT2D eigenvalue weighted by molar-refractivity contribution is -0.672. The molecule has 2 heterocycles. The molecular weight excluding hydrogens is 378 g/mol. The van der Waals surface area contributed by atoms with Gasteiger partial charge in [-0.1, -0.05) is 97.1 Å². The Morgan fingerprint density at radius 3 is 1.80 bits per heavy atom. The second-order valence-electron chi connectivity index (χ2n) is 8.05. The molecule has 1 aliphatic heterocycles. The van der Waals surface area contributed by atoms with Gasteiger partial charge in [0.25, 0.3) is 8.07 Å². The third-order valence-electron chi connectivity index (χ3n) is 6.45. The van der Waals surface area contributed by atoms with Crippen molar-refractivity contribution in [1.82, 2.24) is 0 Å². The van der Waals surface area contributed by atoms with Crippen LogP contribution in [0.5, 0.6) is 0 Å². The summed E-state index contributed by atoms with van der Waals surface area (Å²) < 4.78 is 2.48. The maximum Gasteiger partial charge on any atom is 0.260 e. The molecule has 0 N–H and O–H groups in total. The van der Waals surface area contributed by atoms with E-state index in [0.717, 1.165) is 6.54 Å². The van der Waals surface area contributed by atoms with E-state index in [0.29, 0.717) is 0 Å². The molecule has 5 aromatic rings. The zero-order valence-corrected chi connectivity index (χ0v) is 17.7. The fourth-order valence-electron chi connectivity index (χ4n) is 5.19. The van der Waals surface area contributed by atoms with E-state index < -0.39 is 8.07 Å². The van der Waals surface area contributed by atoms with Gasteiger partial charge in [0, 0.05) is 17.7 Å². The Hall–Kier alpha value is -3.49. The molecule has 0 unspecified atom stereocenters. The molecule has 1 aliphatic rings. The number of nitrogens with zero attached hydrogens (tertiary/aromatic N) is 1. The highest BCUT2D eigenvalue weighted by Gasteiger charge is 2.52. The van der Waals surface area contributed by atoms with Crippen molar-refractivity contribution in [2.24, 2.45) is 0 Å². The van der Waals surface area contributed by atoms with Crippen LogP contribution in [0.1, 0.15) is 5.56 Å². The number of fused-ring (bicyclic) bond motifs is 3. The molecule has 6 rings (SSSR count). The third-order valence-corrected chi connectivity index (χ3v) is 11.3. The normalized spacial score (nSPS) is 14.1. The van der Waals surface area contributed by atoms with Gasteiger partial charge in [-0.15, -0.1) is 0 Å². The number of benzene rings is 4. The first-order valence-corrected chi connectivity index (χ1v) is 12.5. The highest BCUT2D eigenvalue weighted by Crippen LogP contribution is 2.20. The van der Waals surface area contributed by atoms with E-state index in [1.165, 1.54) is 37.2 Å². The van der Waals surface area contributed by atoms with Gasteiger partial charge in [-0.25, -0.2) is 4.57 Å². The van der Waals surface area contributed by atoms with Gasteiger partial charge in [-0.3, -0.25) is 0 Å². The van der Waals surface area contributed by atoms with E-state index in [1.54, 1.807) is 0 Å². The van der Waals surface area contributed by atoms with Crippen LogP contribution in [-0.4, -0.2) is 8.07 Å². The number of aromatic nitrogens is 1. The largest absolute Gasteiger partial charge is 0.260 e. The third kappa shape index (κ3) is 2.44. The topological polar surface area (TPSA) is 3.88 Å². The van der Waals surface area contributed by atoms with E-state index in [4.69, 9.17) is 0 Å². The van der Waals surface area contributed by atoms with Crippen molar-refractivity contribution in [3.8, 4) is 0 Å². The Balaban J connectivity index is 1.81. The van der Waals surface area contributed by atoms with Crippen molar-refractivity contribution in [3.63, 3.8) is 0 Å². The van der Waals surface area contributed by atoms with Crippen LogP contribution >= 0.6 is 0 Å². The summed E-state index contributed by atoms with van der Waals surface area (Å²) >= 11 is 0. The van der Waals surface area contributed by atoms with Crippen LogP contribution in [0.4, 0.5) is 0 Å². The van der Waals surface area contributed by atoms with Gasteiger partial charge in [0.05, 0.1) is 0 Å². The Labute approximate surface area is 177 Å². The molecule has 0 saturated heterocycles. The first-order chi connectivity index (χ1) is 14.9. The van der Waals surface area contributed by atoms with Crippen molar-refractivity contribution in [2.75, 3.05) is 0 Å². The molecule has 0 spiro atoms. The summed E-state index contributed by atoms with van der Waals surface area (Å²) in [5.74, 6) is 0. The summed E-state index contributed by atoms with van der Waals surface area (Å²) in [6, 6.07) is 42.7. The monoisotopic (exact) mass is 400 g/mol. The summed E-state index contributed by atoms with van der Waals surface area (Å²) in [6.45, 7) is 0.921. The van der Waals surface area contributed by atoms with Crippen LogP contribution in [0.25, 0.3) is 10.8 Å². The lowest BCUT2D eigenvalue weighted by Crippen LogP contribution is -2.84. The molecule has 1 aromatic heterocycles. The summed E-state index contributed by atoms with van der Waals surface area (Å²) in [6.07, 6.45) is 2.25. The lowest BCUT2D eigenvalue weighted by atomic mass is 10.1. The van der Waals surface area contributed by atoms with E-state index >= 15 is 0 Å². The quantitative estimate of drug-likeness (QED) is 0.311. The van der Waals surface area contributed by atoms with Gasteiger partial charge in [0.15, 0.2) is 18.1 Å². The molecule has 142 valence electrons. The van der Waals surface area contributed by atoms with Crippen LogP contribution < -0.4 is 25.4 Å². The maximum absolute atomic E-state index is 2.48. The second-order valence-corrected chi connectivity index (χ2v) is 11.8. The molecule has 0 fully saturated rings. The Kier molecular flexibility index (Phi) is 3.93. The summed E-state index contributed by atoms with van der Waals surface area (Å²) in [7, 11) is -2.43. The van der Waals surface area contributed by atoms with Gasteiger partial charge in [-0.05, 0) is 32.4 Å². The molecule has 30 heavy (non-hydrogen) atoms. The molecule has 0 saturated carbocycles. The molecule has 0 aliphatic carbocycles. The zero-order chi connectivity index (χ0) is 20.0. The summed E-state index contributed by atoms with van der Waals surface area (Å²) in [5.41, 5.74) is 1.44. The second kappa shape index (κ2) is 6.79. The Bertz CT molecular complexity index is 1320. The van der Waals surface area contributed by atoms with Crippen LogP contribution in [0.15, 0.2) is 121 Å². The van der Waals surface area contributed by atoms with E-state index in [-0.39, 0.29) is 0 Å². The fraction of sp³-hybridized carbons (Fsp3) is 0.0357. The molecule has 0 bridgehead atoms. The zero-order valence-electron chi connectivity index (χ0n) is 16.7. The highest BCUT2D eigenvalue weighted by molar-refractivity contribution is 7.19. The number of hydrogen-bond donors (Lipinski definition) is 0. The minimum Gasteiger partial charge on any atom is -0.202 e. The van der Waals surface area contributed by atoms with Gasteiger partial charge in [0.1, 0.15) is 0 Å². The molecular formula is C28H22NSi+. The summed E-state index contributed by atoms with van der Waals surface area (Å²) in [5, 5.41) is 8.49. The predicted molar refractivity (Wildman–Crippen MR) is 127 cm³/mol. The van der Waals surface area contributed by atoms with Crippen molar-refractivity contribution in [1.29, 1.82) is 0 Å². The van der Waals surface area contributed by atoms with Crippen molar-refractivity contribution < 1.29 is 4.57 Å². The molecule has 4 aromatic carbocycles. The van der Waals surface area contributed by atoms with E-state index in [1.807, 2.05) is 0 Å². The lowest BCUT2D eigenvalue weighted by Gasteiger charge is -2.35. The maximum atomic E-state index is 2.48. The molecule has 1 nitrogen and oxygen atoms in total. The fourth-order valence-corrected chi connectivity index (χ4v) is 10.3. The van der Waals surface area contributed by atoms with Crippen LogP contribution in [0.2, 0.25) is 0 Å². The van der Waals surface area contributed by atoms with Gasteiger partial charge in [0.2, 0.25) is 0 Å². The standard InChI is InChI=1S/C28H22NSi/c1-3-13-25(14-4-1)30(26-15-5-2-6-16-26)27-20-23-12-8-7-11-22(23)19-24(27)21-29-18-10-9-17-28(29)30/h1-20H,21H2/q+1. The van der Waals surface area contributed by atoms with Crippen molar-refractivity contribution >= 4 is 39.7 Å². The van der Waals surface area contributed by atoms with E-state index in [2.05, 4.69) is 126 Å². The van der Waals surface area contributed by atoms with Crippen molar-refractivity contribution in [3.05, 3.63) is 127 Å². The average Bonchev–Trinajstić information content (AvgIpc) is 2.82. The van der Waals surface area contributed by atoms with Gasteiger partial charge < -0.3 is 0 Å². The molecule has 0 atom stereocenters. The van der Waals surface area contributed by atoms with Crippen LogP contribution in [0.3, 0.4) is 0 Å². The molecule has 0 radical (unpaired) electrons.